The number of hydrogen-bond acceptors (Lipinski definition) is 4. The molecule has 2 aliphatic rings. The molecule has 4 heteroatoms. The summed E-state index contributed by atoms with van der Waals surface area (Å²) in [5.74, 6) is 0. The van der Waals surface area contributed by atoms with E-state index in [0.29, 0.717) is 18.2 Å². The van der Waals surface area contributed by atoms with Crippen molar-refractivity contribution in [2.45, 2.75) is 37.8 Å². The summed E-state index contributed by atoms with van der Waals surface area (Å²) >= 11 is 0. The van der Waals surface area contributed by atoms with Gasteiger partial charge in [0.15, 0.2) is 0 Å². The standard InChI is InChI=1S/C16H20N2O2/c1-12-2-3-13(10-17)8-15(12)18-14-4-6-20-16(9-14)5-7-19-11-16/h2-3,8,14,18H,4-7,9,11H2,1H3. The Bertz CT molecular complexity index is 530. The third-order valence-electron chi connectivity index (χ3n) is 4.29. The molecule has 4 nitrogen and oxygen atoms in total. The molecular formula is C16H20N2O2. The van der Waals surface area contributed by atoms with Gasteiger partial charge in [0.1, 0.15) is 0 Å². The minimum Gasteiger partial charge on any atom is -0.382 e. The van der Waals surface area contributed by atoms with Crippen LogP contribution in [-0.4, -0.2) is 31.5 Å². The van der Waals surface area contributed by atoms with Crippen LogP contribution in [0, 0.1) is 18.3 Å². The van der Waals surface area contributed by atoms with Crippen LogP contribution in [0.4, 0.5) is 5.69 Å². The monoisotopic (exact) mass is 272 g/mol. The number of benzene rings is 1. The molecule has 2 fully saturated rings. The zero-order valence-electron chi connectivity index (χ0n) is 11.8. The van der Waals surface area contributed by atoms with Crippen molar-refractivity contribution >= 4 is 5.69 Å². The largest absolute Gasteiger partial charge is 0.382 e. The highest BCUT2D eigenvalue weighted by Crippen LogP contribution is 2.34. The van der Waals surface area contributed by atoms with Gasteiger partial charge in [0, 0.05) is 31.4 Å². The second kappa shape index (κ2) is 5.43. The summed E-state index contributed by atoms with van der Waals surface area (Å²) in [6.07, 6.45) is 2.96. The zero-order chi connectivity index (χ0) is 14.0. The maximum Gasteiger partial charge on any atom is 0.0992 e. The molecule has 20 heavy (non-hydrogen) atoms. The van der Waals surface area contributed by atoms with E-state index in [1.807, 2.05) is 18.2 Å². The van der Waals surface area contributed by atoms with E-state index in [1.165, 1.54) is 5.56 Å². The lowest BCUT2D eigenvalue weighted by Gasteiger charge is -2.38. The van der Waals surface area contributed by atoms with Crippen molar-refractivity contribution in [3.05, 3.63) is 29.3 Å². The van der Waals surface area contributed by atoms with Crippen LogP contribution in [-0.2, 0) is 9.47 Å². The van der Waals surface area contributed by atoms with Gasteiger partial charge in [-0.15, -0.1) is 0 Å². The van der Waals surface area contributed by atoms with E-state index in [-0.39, 0.29) is 5.60 Å². The van der Waals surface area contributed by atoms with E-state index >= 15 is 0 Å². The summed E-state index contributed by atoms with van der Waals surface area (Å²) in [6.45, 7) is 4.35. The first-order valence-electron chi connectivity index (χ1n) is 7.20. The number of rotatable bonds is 2. The second-order valence-corrected chi connectivity index (χ2v) is 5.81. The predicted octanol–water partition coefficient (Wildman–Crippen LogP) is 2.62. The number of aryl methyl sites for hydroxylation is 1. The van der Waals surface area contributed by atoms with Crippen LogP contribution in [0.1, 0.15) is 30.4 Å². The third kappa shape index (κ3) is 2.65. The van der Waals surface area contributed by atoms with Gasteiger partial charge >= 0.3 is 0 Å². The van der Waals surface area contributed by atoms with Gasteiger partial charge in [-0.2, -0.15) is 5.26 Å². The van der Waals surface area contributed by atoms with Crippen LogP contribution in [0.5, 0.6) is 0 Å². The van der Waals surface area contributed by atoms with Crippen molar-refractivity contribution in [1.82, 2.24) is 0 Å². The number of nitrogens with zero attached hydrogens (tertiary/aromatic N) is 1. The van der Waals surface area contributed by atoms with E-state index in [2.05, 4.69) is 18.3 Å². The molecular weight excluding hydrogens is 252 g/mol. The Labute approximate surface area is 119 Å². The fourth-order valence-corrected chi connectivity index (χ4v) is 3.08. The Balaban J connectivity index is 1.73. The SMILES string of the molecule is Cc1ccc(C#N)cc1NC1CCOC2(CCOC2)C1. The minimum absolute atomic E-state index is 0.0866. The van der Waals surface area contributed by atoms with E-state index in [9.17, 15) is 0 Å². The molecule has 0 aliphatic carbocycles. The molecule has 1 aromatic rings. The average molecular weight is 272 g/mol. The quantitative estimate of drug-likeness (QED) is 0.899. The van der Waals surface area contributed by atoms with Gasteiger partial charge in [0.25, 0.3) is 0 Å². The lowest BCUT2D eigenvalue weighted by atomic mass is 9.89. The normalized spacial score (nSPS) is 29.3. The van der Waals surface area contributed by atoms with Crippen LogP contribution in [0.15, 0.2) is 18.2 Å². The molecule has 2 aliphatic heterocycles. The Morgan fingerprint density at radius 1 is 1.40 bits per heavy atom. The summed E-state index contributed by atoms with van der Waals surface area (Å²) in [5, 5.41) is 12.6. The lowest BCUT2D eigenvalue weighted by molar-refractivity contribution is -0.0828. The molecule has 0 bridgehead atoms. The van der Waals surface area contributed by atoms with Crippen molar-refractivity contribution in [3.8, 4) is 6.07 Å². The number of hydrogen-bond donors (Lipinski definition) is 1. The van der Waals surface area contributed by atoms with Gasteiger partial charge in [-0.3, -0.25) is 0 Å². The molecule has 2 atom stereocenters. The zero-order valence-corrected chi connectivity index (χ0v) is 11.8. The van der Waals surface area contributed by atoms with Crippen molar-refractivity contribution in [3.63, 3.8) is 0 Å². The molecule has 0 amide bonds. The van der Waals surface area contributed by atoms with Crippen LogP contribution >= 0.6 is 0 Å². The second-order valence-electron chi connectivity index (χ2n) is 5.81. The van der Waals surface area contributed by atoms with Crippen molar-refractivity contribution in [2.75, 3.05) is 25.1 Å². The van der Waals surface area contributed by atoms with E-state index < -0.39 is 0 Å². The molecule has 1 N–H and O–H groups in total. The molecule has 2 saturated heterocycles. The predicted molar refractivity (Wildman–Crippen MR) is 76.7 cm³/mol. The van der Waals surface area contributed by atoms with Crippen molar-refractivity contribution < 1.29 is 9.47 Å². The minimum atomic E-state index is -0.0866. The smallest absolute Gasteiger partial charge is 0.0992 e. The first kappa shape index (κ1) is 13.4. The average Bonchev–Trinajstić information content (AvgIpc) is 2.89. The van der Waals surface area contributed by atoms with Gasteiger partial charge in [-0.25, -0.2) is 0 Å². The number of anilines is 1. The number of nitriles is 1. The van der Waals surface area contributed by atoms with E-state index in [1.54, 1.807) is 0 Å². The van der Waals surface area contributed by atoms with Crippen LogP contribution in [0.2, 0.25) is 0 Å². The molecule has 106 valence electrons. The summed E-state index contributed by atoms with van der Waals surface area (Å²) < 4.78 is 11.5. The van der Waals surface area contributed by atoms with Crippen LogP contribution in [0.25, 0.3) is 0 Å². The fourth-order valence-electron chi connectivity index (χ4n) is 3.08. The van der Waals surface area contributed by atoms with Gasteiger partial charge in [0.05, 0.1) is 23.8 Å². The van der Waals surface area contributed by atoms with Gasteiger partial charge < -0.3 is 14.8 Å². The lowest BCUT2D eigenvalue weighted by Crippen LogP contribution is -2.45. The molecule has 1 spiro atoms. The van der Waals surface area contributed by atoms with Crippen LogP contribution < -0.4 is 5.32 Å². The Morgan fingerprint density at radius 2 is 2.30 bits per heavy atom. The first-order valence-corrected chi connectivity index (χ1v) is 7.20. The highest BCUT2D eigenvalue weighted by molar-refractivity contribution is 5.55. The summed E-state index contributed by atoms with van der Waals surface area (Å²) in [4.78, 5) is 0. The van der Waals surface area contributed by atoms with E-state index in [4.69, 9.17) is 14.7 Å². The summed E-state index contributed by atoms with van der Waals surface area (Å²) in [5.41, 5.74) is 2.85. The molecule has 2 unspecified atom stereocenters. The van der Waals surface area contributed by atoms with Gasteiger partial charge in [-0.1, -0.05) is 6.07 Å². The number of ether oxygens (including phenoxy) is 2. The van der Waals surface area contributed by atoms with E-state index in [0.717, 1.165) is 38.2 Å². The highest BCUT2D eigenvalue weighted by atomic mass is 16.6. The van der Waals surface area contributed by atoms with Crippen molar-refractivity contribution in [1.29, 1.82) is 5.26 Å². The topological polar surface area (TPSA) is 54.3 Å². The highest BCUT2D eigenvalue weighted by Gasteiger charge is 2.41. The summed E-state index contributed by atoms with van der Waals surface area (Å²) in [6, 6.07) is 8.37. The van der Waals surface area contributed by atoms with Gasteiger partial charge in [0.2, 0.25) is 0 Å². The van der Waals surface area contributed by atoms with Crippen molar-refractivity contribution in [2.24, 2.45) is 0 Å². The molecule has 0 aromatic heterocycles. The maximum absolute atomic E-state index is 9.01. The Kier molecular flexibility index (Phi) is 3.64. The third-order valence-corrected chi connectivity index (χ3v) is 4.29. The molecule has 2 heterocycles. The molecule has 1 aromatic carbocycles. The fraction of sp³-hybridized carbons (Fsp3) is 0.562. The Morgan fingerprint density at radius 3 is 3.05 bits per heavy atom. The Hall–Kier alpha value is -1.57. The van der Waals surface area contributed by atoms with Crippen LogP contribution in [0.3, 0.4) is 0 Å². The number of nitrogens with one attached hydrogen (secondary N) is 1. The molecule has 0 radical (unpaired) electrons. The molecule has 0 saturated carbocycles. The summed E-state index contributed by atoms with van der Waals surface area (Å²) in [7, 11) is 0. The maximum atomic E-state index is 9.01. The van der Waals surface area contributed by atoms with Gasteiger partial charge in [-0.05, 0) is 37.5 Å². The first-order chi connectivity index (χ1) is 9.71. The molecule has 3 rings (SSSR count).